The molecule has 0 aromatic heterocycles. The summed E-state index contributed by atoms with van der Waals surface area (Å²) in [5, 5.41) is 0. The second-order valence-corrected chi connectivity index (χ2v) is 2.61. The molecular weight excluding hydrogens is 308 g/mol. The smallest absolute Gasteiger partial charge is 0 e. The minimum absolute atomic E-state index is 0. The van der Waals surface area contributed by atoms with E-state index >= 15 is 0 Å². The van der Waals surface area contributed by atoms with Crippen LogP contribution >= 0.6 is 0 Å². The molecule has 0 aliphatic rings. The number of hydrogen-bond donors (Lipinski definition) is 0. The predicted molar refractivity (Wildman–Crippen MR) is 52.8 cm³/mol. The van der Waals surface area contributed by atoms with Crippen LogP contribution < -0.4 is 0 Å². The first-order valence-electron chi connectivity index (χ1n) is 3.74. The molecule has 0 aliphatic heterocycles. The van der Waals surface area contributed by atoms with E-state index in [-0.39, 0.29) is 21.1 Å². The SMILES string of the molecule is CN(C)CCN(C)C.[C-]#[O+].[C-]#[O+].[C-]#[O+].[C-]#[O+].[Mo]. The molecule has 0 fully saturated rings. The average molecular weight is 324 g/mol. The van der Waals surface area contributed by atoms with Crippen LogP contribution in [0.1, 0.15) is 0 Å². The van der Waals surface area contributed by atoms with Crippen molar-refractivity contribution in [2.45, 2.75) is 0 Å². The summed E-state index contributed by atoms with van der Waals surface area (Å²) in [6.45, 7) is 20.3. The third kappa shape index (κ3) is 137. The summed E-state index contributed by atoms with van der Waals surface area (Å²) in [6.07, 6.45) is 0. The van der Waals surface area contributed by atoms with E-state index in [2.05, 4.69) is 64.6 Å². The Kier molecular flexibility index (Phi) is 122. The molecular formula is C10H16MoN2O4. The third-order valence-corrected chi connectivity index (χ3v) is 0.994. The molecule has 0 bridgehead atoms. The second-order valence-electron chi connectivity index (χ2n) is 2.61. The first-order valence-corrected chi connectivity index (χ1v) is 3.74. The Bertz CT molecular complexity index is 144. The second kappa shape index (κ2) is 57.7. The van der Waals surface area contributed by atoms with E-state index in [0.717, 1.165) is 13.1 Å². The van der Waals surface area contributed by atoms with Crippen LogP contribution in [0.3, 0.4) is 0 Å². The Hall–Kier alpha value is -0.432. The Labute approximate surface area is 117 Å². The molecule has 0 spiro atoms. The monoisotopic (exact) mass is 326 g/mol. The maximum atomic E-state index is 7.50. The van der Waals surface area contributed by atoms with Crippen LogP contribution in [0, 0.1) is 26.6 Å². The summed E-state index contributed by atoms with van der Waals surface area (Å²) in [6, 6.07) is 0. The number of likely N-dealkylation sites (N-methyl/N-ethyl adjacent to an activating group) is 2. The van der Waals surface area contributed by atoms with Crippen molar-refractivity contribution in [3.8, 4) is 0 Å². The van der Waals surface area contributed by atoms with Gasteiger partial charge in [-0.2, -0.15) is 0 Å². The van der Waals surface area contributed by atoms with Crippen molar-refractivity contribution in [1.29, 1.82) is 0 Å². The molecule has 0 aliphatic carbocycles. The fourth-order valence-electron chi connectivity index (χ4n) is 0.400. The van der Waals surface area contributed by atoms with Crippen molar-refractivity contribution in [2.75, 3.05) is 41.3 Å². The molecule has 0 aromatic carbocycles. The van der Waals surface area contributed by atoms with Gasteiger partial charge in [0.05, 0.1) is 0 Å². The third-order valence-electron chi connectivity index (χ3n) is 0.994. The van der Waals surface area contributed by atoms with E-state index in [1.54, 1.807) is 0 Å². The summed E-state index contributed by atoms with van der Waals surface area (Å²) in [5.41, 5.74) is 0. The van der Waals surface area contributed by atoms with Crippen LogP contribution in [-0.4, -0.2) is 51.1 Å². The van der Waals surface area contributed by atoms with Gasteiger partial charge in [-0.3, -0.25) is 0 Å². The molecule has 0 heterocycles. The molecule has 96 valence electrons. The predicted octanol–water partition coefficient (Wildman–Crippen LogP) is -0.0429. The fraction of sp³-hybridized carbons (Fsp3) is 0.600. The van der Waals surface area contributed by atoms with E-state index < -0.39 is 0 Å². The van der Waals surface area contributed by atoms with Crippen LogP contribution in [0.15, 0.2) is 0 Å². The summed E-state index contributed by atoms with van der Waals surface area (Å²) >= 11 is 0. The number of rotatable bonds is 3. The van der Waals surface area contributed by atoms with Gasteiger partial charge in [0.15, 0.2) is 0 Å². The molecule has 6 nitrogen and oxygen atoms in total. The summed E-state index contributed by atoms with van der Waals surface area (Å²) < 4.78 is 30.0. The zero-order valence-electron chi connectivity index (χ0n) is 10.3. The van der Waals surface area contributed by atoms with Crippen molar-refractivity contribution >= 4 is 0 Å². The van der Waals surface area contributed by atoms with E-state index in [1.807, 2.05) is 0 Å². The zero-order valence-corrected chi connectivity index (χ0v) is 12.4. The number of hydrogen-bond acceptors (Lipinski definition) is 2. The van der Waals surface area contributed by atoms with Gasteiger partial charge in [0.1, 0.15) is 0 Å². The van der Waals surface area contributed by atoms with E-state index in [9.17, 15) is 0 Å². The van der Waals surface area contributed by atoms with Gasteiger partial charge in [0.2, 0.25) is 0 Å². The molecule has 17 heavy (non-hydrogen) atoms. The van der Waals surface area contributed by atoms with Crippen molar-refractivity contribution < 1.29 is 39.7 Å². The maximum absolute atomic E-state index is 7.50. The van der Waals surface area contributed by atoms with Gasteiger partial charge in [-0.1, -0.05) is 0 Å². The standard InChI is InChI=1S/C6H16N2.4CO.Mo/c1-7(2)5-6-8(3)4;4*1-2;/h5-6H2,1-4H3;;;;;. The summed E-state index contributed by atoms with van der Waals surface area (Å²) in [5.74, 6) is 0. The Morgan fingerprint density at radius 2 is 0.706 bits per heavy atom. The van der Waals surface area contributed by atoms with Crippen LogP contribution in [0.25, 0.3) is 0 Å². The molecule has 7 heteroatoms. The molecule has 0 atom stereocenters. The fourth-order valence-corrected chi connectivity index (χ4v) is 0.400. The average Bonchev–Trinajstić information content (AvgIpc) is 2.36. The van der Waals surface area contributed by atoms with E-state index in [1.165, 1.54) is 0 Å². The van der Waals surface area contributed by atoms with Gasteiger partial charge >= 0.3 is 45.2 Å². The molecule has 0 rings (SSSR count). The van der Waals surface area contributed by atoms with Gasteiger partial charge in [-0.15, -0.1) is 0 Å². The van der Waals surface area contributed by atoms with Crippen LogP contribution in [0.4, 0.5) is 0 Å². The van der Waals surface area contributed by atoms with Crippen molar-refractivity contribution in [3.63, 3.8) is 0 Å². The quantitative estimate of drug-likeness (QED) is 0.414. The summed E-state index contributed by atoms with van der Waals surface area (Å²) in [4.78, 5) is 4.36. The van der Waals surface area contributed by atoms with Crippen LogP contribution in [0.2, 0.25) is 0 Å². The molecule has 0 unspecified atom stereocenters. The Morgan fingerprint density at radius 1 is 0.588 bits per heavy atom. The van der Waals surface area contributed by atoms with Crippen molar-refractivity contribution in [2.24, 2.45) is 0 Å². The van der Waals surface area contributed by atoms with E-state index in [4.69, 9.17) is 18.6 Å². The topological polar surface area (TPSA) is 86.1 Å². The first kappa shape index (κ1) is 36.0. The molecule has 0 saturated heterocycles. The molecule has 0 amide bonds. The van der Waals surface area contributed by atoms with E-state index in [0.29, 0.717) is 0 Å². The minimum atomic E-state index is 0. The normalized spacial score (nSPS) is 5.76. The largest absolute Gasteiger partial charge is 0 e. The van der Waals surface area contributed by atoms with Crippen molar-refractivity contribution in [3.05, 3.63) is 26.6 Å². The molecule has 0 N–H and O–H groups in total. The van der Waals surface area contributed by atoms with Crippen LogP contribution in [0.5, 0.6) is 0 Å². The summed E-state index contributed by atoms with van der Waals surface area (Å²) in [7, 11) is 8.35. The maximum Gasteiger partial charge on any atom is 0 e. The van der Waals surface area contributed by atoms with Gasteiger partial charge in [0.25, 0.3) is 0 Å². The Morgan fingerprint density at radius 3 is 0.765 bits per heavy atom. The number of nitrogens with zero attached hydrogens (tertiary/aromatic N) is 2. The first-order chi connectivity index (χ1) is 7.63. The van der Waals surface area contributed by atoms with Gasteiger partial charge in [-0.25, -0.2) is 0 Å². The van der Waals surface area contributed by atoms with Gasteiger partial charge in [-0.05, 0) is 28.2 Å². The van der Waals surface area contributed by atoms with Crippen molar-refractivity contribution in [1.82, 2.24) is 9.80 Å². The Balaban J connectivity index is -0.0000000287. The van der Waals surface area contributed by atoms with Gasteiger partial charge in [0, 0.05) is 34.2 Å². The van der Waals surface area contributed by atoms with Crippen LogP contribution in [-0.2, 0) is 39.7 Å². The van der Waals surface area contributed by atoms with Gasteiger partial charge < -0.3 is 9.80 Å². The molecule has 0 saturated carbocycles. The molecule has 0 aromatic rings. The minimum Gasteiger partial charge on any atom is 0 e. The zero-order chi connectivity index (χ0) is 14.6. The molecule has 0 radical (unpaired) electrons.